The number of aromatic nitrogens is 3. The van der Waals surface area contributed by atoms with Gasteiger partial charge in [0.2, 0.25) is 5.88 Å². The fourth-order valence-corrected chi connectivity index (χ4v) is 2.16. The molecular weight excluding hydrogens is 264 g/mol. The number of hydrogen-bond donors (Lipinski definition) is 1. The van der Waals surface area contributed by atoms with E-state index in [9.17, 15) is 0 Å². The number of hydrogen-bond acceptors (Lipinski definition) is 4. The second-order valence-electron chi connectivity index (χ2n) is 4.56. The Hall–Kier alpha value is -2.66. The van der Waals surface area contributed by atoms with Gasteiger partial charge >= 0.3 is 0 Å². The average Bonchev–Trinajstić information content (AvgIpc) is 3.00. The molecule has 0 unspecified atom stereocenters. The molecule has 3 aromatic rings. The molecule has 2 N–H and O–H groups in total. The summed E-state index contributed by atoms with van der Waals surface area (Å²) in [5.41, 5.74) is 9.50. The third-order valence-corrected chi connectivity index (χ3v) is 3.21. The molecule has 1 aromatic carbocycles. The van der Waals surface area contributed by atoms with E-state index in [-0.39, 0.29) is 0 Å². The third-order valence-electron chi connectivity index (χ3n) is 3.21. The van der Waals surface area contributed by atoms with Crippen LogP contribution in [0.15, 0.2) is 54.7 Å². The number of ether oxygens (including phenoxy) is 1. The zero-order chi connectivity index (χ0) is 14.7. The van der Waals surface area contributed by atoms with Gasteiger partial charge in [-0.15, -0.1) is 0 Å². The van der Waals surface area contributed by atoms with Crippen molar-refractivity contribution in [2.75, 3.05) is 7.11 Å². The van der Waals surface area contributed by atoms with Gasteiger partial charge in [0.25, 0.3) is 0 Å². The van der Waals surface area contributed by atoms with Crippen molar-refractivity contribution in [3.63, 3.8) is 0 Å². The van der Waals surface area contributed by atoms with E-state index >= 15 is 0 Å². The van der Waals surface area contributed by atoms with Crippen molar-refractivity contribution in [2.45, 2.75) is 6.54 Å². The van der Waals surface area contributed by atoms with Crippen LogP contribution < -0.4 is 10.5 Å². The van der Waals surface area contributed by atoms with Crippen LogP contribution in [0.2, 0.25) is 0 Å². The number of pyridine rings is 1. The van der Waals surface area contributed by atoms with Crippen molar-refractivity contribution < 1.29 is 4.74 Å². The Kier molecular flexibility index (Phi) is 3.66. The maximum atomic E-state index is 5.72. The zero-order valence-electron chi connectivity index (χ0n) is 11.7. The van der Waals surface area contributed by atoms with Crippen molar-refractivity contribution in [1.82, 2.24) is 14.8 Å². The first-order valence-electron chi connectivity index (χ1n) is 6.66. The molecule has 0 radical (unpaired) electrons. The number of rotatable bonds is 4. The summed E-state index contributed by atoms with van der Waals surface area (Å²) in [6.07, 6.45) is 1.73. The number of methoxy groups -OCH3 is 1. The van der Waals surface area contributed by atoms with Crippen molar-refractivity contribution in [3.05, 3.63) is 60.4 Å². The molecule has 3 rings (SSSR count). The summed E-state index contributed by atoms with van der Waals surface area (Å²) < 4.78 is 6.94. The first kappa shape index (κ1) is 13.3. The highest BCUT2D eigenvalue weighted by molar-refractivity contribution is 5.62. The largest absolute Gasteiger partial charge is 0.481 e. The van der Waals surface area contributed by atoms with E-state index in [4.69, 9.17) is 10.5 Å². The van der Waals surface area contributed by atoms with E-state index in [1.807, 2.05) is 53.2 Å². The Morgan fingerprint density at radius 3 is 2.57 bits per heavy atom. The topological polar surface area (TPSA) is 66.0 Å². The first-order valence-corrected chi connectivity index (χ1v) is 6.66. The van der Waals surface area contributed by atoms with Crippen LogP contribution in [0, 0.1) is 0 Å². The number of nitrogens with two attached hydrogens (primary N) is 1. The molecule has 0 aliphatic rings. The van der Waals surface area contributed by atoms with E-state index < -0.39 is 0 Å². The first-order chi connectivity index (χ1) is 10.3. The molecular formula is C16H16N4O. The molecule has 0 fully saturated rings. The standard InChI is InChI=1S/C16H16N4O/c1-21-16-8-7-14(11-18-16)20-15(9-13(10-17)19-20)12-5-3-2-4-6-12/h2-9,11H,10,17H2,1H3. The van der Waals surface area contributed by atoms with E-state index in [1.165, 1.54) is 0 Å². The molecule has 21 heavy (non-hydrogen) atoms. The SMILES string of the molecule is COc1ccc(-n2nc(CN)cc2-c2ccccc2)cn1. The second-order valence-corrected chi connectivity index (χ2v) is 4.56. The fourth-order valence-electron chi connectivity index (χ4n) is 2.16. The van der Waals surface area contributed by atoms with Gasteiger partial charge in [0.15, 0.2) is 0 Å². The molecule has 2 heterocycles. The molecule has 0 atom stereocenters. The Bertz CT molecular complexity index is 720. The third kappa shape index (κ3) is 2.64. The van der Waals surface area contributed by atoms with Crippen LogP contribution in [0.3, 0.4) is 0 Å². The summed E-state index contributed by atoms with van der Waals surface area (Å²) in [7, 11) is 1.60. The van der Waals surface area contributed by atoms with Crippen LogP contribution in [0.4, 0.5) is 0 Å². The minimum Gasteiger partial charge on any atom is -0.481 e. The van der Waals surface area contributed by atoms with Crippen molar-refractivity contribution in [1.29, 1.82) is 0 Å². The highest BCUT2D eigenvalue weighted by Gasteiger charge is 2.11. The zero-order valence-corrected chi connectivity index (χ0v) is 11.7. The van der Waals surface area contributed by atoms with Crippen LogP contribution in [0.5, 0.6) is 5.88 Å². The van der Waals surface area contributed by atoms with Crippen LogP contribution in [0.1, 0.15) is 5.69 Å². The Morgan fingerprint density at radius 1 is 1.14 bits per heavy atom. The lowest BCUT2D eigenvalue weighted by Gasteiger charge is -2.07. The van der Waals surface area contributed by atoms with Crippen molar-refractivity contribution in [2.24, 2.45) is 5.73 Å². The molecule has 0 spiro atoms. The Morgan fingerprint density at radius 2 is 1.95 bits per heavy atom. The van der Waals surface area contributed by atoms with Gasteiger partial charge in [0, 0.05) is 18.2 Å². The van der Waals surface area contributed by atoms with E-state index in [1.54, 1.807) is 13.3 Å². The monoisotopic (exact) mass is 280 g/mol. The minimum absolute atomic E-state index is 0.399. The summed E-state index contributed by atoms with van der Waals surface area (Å²) in [6.45, 7) is 0.399. The fraction of sp³-hybridized carbons (Fsp3) is 0.125. The molecule has 106 valence electrons. The Balaban J connectivity index is 2.10. The molecule has 0 aliphatic heterocycles. The van der Waals surface area contributed by atoms with Crippen LogP contribution in [-0.2, 0) is 6.54 Å². The maximum Gasteiger partial charge on any atom is 0.213 e. The van der Waals surface area contributed by atoms with Gasteiger partial charge in [-0.25, -0.2) is 9.67 Å². The summed E-state index contributed by atoms with van der Waals surface area (Å²) >= 11 is 0. The van der Waals surface area contributed by atoms with E-state index in [0.717, 1.165) is 22.6 Å². The highest BCUT2D eigenvalue weighted by atomic mass is 16.5. The van der Waals surface area contributed by atoms with Gasteiger partial charge in [-0.1, -0.05) is 30.3 Å². The lowest BCUT2D eigenvalue weighted by molar-refractivity contribution is 0.397. The lowest BCUT2D eigenvalue weighted by Crippen LogP contribution is -2.02. The van der Waals surface area contributed by atoms with Gasteiger partial charge in [-0.2, -0.15) is 5.10 Å². The van der Waals surface area contributed by atoms with Gasteiger partial charge < -0.3 is 10.5 Å². The van der Waals surface area contributed by atoms with Crippen LogP contribution >= 0.6 is 0 Å². The van der Waals surface area contributed by atoms with Crippen LogP contribution in [0.25, 0.3) is 16.9 Å². The molecule has 0 amide bonds. The Labute approximate surface area is 123 Å². The average molecular weight is 280 g/mol. The van der Waals surface area contributed by atoms with E-state index in [2.05, 4.69) is 10.1 Å². The van der Waals surface area contributed by atoms with Gasteiger partial charge in [-0.3, -0.25) is 0 Å². The van der Waals surface area contributed by atoms with E-state index in [0.29, 0.717) is 12.4 Å². The summed E-state index contributed by atoms with van der Waals surface area (Å²) in [4.78, 5) is 4.23. The molecule has 0 saturated carbocycles. The smallest absolute Gasteiger partial charge is 0.213 e. The molecule has 5 nitrogen and oxygen atoms in total. The second kappa shape index (κ2) is 5.76. The number of benzene rings is 1. The highest BCUT2D eigenvalue weighted by Crippen LogP contribution is 2.24. The summed E-state index contributed by atoms with van der Waals surface area (Å²) in [5.74, 6) is 0.575. The van der Waals surface area contributed by atoms with Crippen molar-refractivity contribution in [3.8, 4) is 22.8 Å². The van der Waals surface area contributed by atoms with Crippen molar-refractivity contribution >= 4 is 0 Å². The molecule has 0 saturated heterocycles. The lowest BCUT2D eigenvalue weighted by atomic mass is 10.1. The number of nitrogens with zero attached hydrogens (tertiary/aromatic N) is 3. The predicted octanol–water partition coefficient (Wildman–Crippen LogP) is 2.40. The van der Waals surface area contributed by atoms with Gasteiger partial charge in [0.1, 0.15) is 0 Å². The normalized spacial score (nSPS) is 10.6. The summed E-state index contributed by atoms with van der Waals surface area (Å²) in [6, 6.07) is 15.8. The van der Waals surface area contributed by atoms with Gasteiger partial charge in [-0.05, 0) is 12.1 Å². The maximum absolute atomic E-state index is 5.72. The molecule has 0 aliphatic carbocycles. The van der Waals surface area contributed by atoms with Gasteiger partial charge in [0.05, 0.1) is 30.4 Å². The molecule has 0 bridgehead atoms. The molecule has 2 aromatic heterocycles. The summed E-state index contributed by atoms with van der Waals surface area (Å²) in [5, 5.41) is 4.54. The predicted molar refractivity (Wildman–Crippen MR) is 81.2 cm³/mol. The minimum atomic E-state index is 0.399. The quantitative estimate of drug-likeness (QED) is 0.797. The van der Waals surface area contributed by atoms with Crippen LogP contribution in [-0.4, -0.2) is 21.9 Å². The molecule has 5 heteroatoms.